The SMILES string of the molecule is COc1ccccc1N1CCN(C(=O)CCSc2ccc(C)c(C)c2)CC1. The lowest BCUT2D eigenvalue weighted by atomic mass is 10.1. The highest BCUT2D eigenvalue weighted by Gasteiger charge is 2.22. The number of ether oxygens (including phenoxy) is 1. The molecule has 0 aliphatic carbocycles. The van der Waals surface area contributed by atoms with E-state index in [0.29, 0.717) is 6.42 Å². The zero-order chi connectivity index (χ0) is 19.2. The number of thioether (sulfide) groups is 1. The topological polar surface area (TPSA) is 32.8 Å². The second-order valence-electron chi connectivity index (χ2n) is 6.88. The Morgan fingerprint density at radius 2 is 1.78 bits per heavy atom. The van der Waals surface area contributed by atoms with Crippen LogP contribution in [-0.2, 0) is 4.79 Å². The fourth-order valence-electron chi connectivity index (χ4n) is 3.31. The summed E-state index contributed by atoms with van der Waals surface area (Å²) in [5.41, 5.74) is 3.72. The molecule has 2 aromatic rings. The molecular weight excluding hydrogens is 356 g/mol. The van der Waals surface area contributed by atoms with Gasteiger partial charge >= 0.3 is 0 Å². The van der Waals surface area contributed by atoms with E-state index in [4.69, 9.17) is 4.74 Å². The Kier molecular flexibility index (Phi) is 6.67. The van der Waals surface area contributed by atoms with Crippen LogP contribution in [0.5, 0.6) is 5.75 Å². The molecule has 0 bridgehead atoms. The number of piperazine rings is 1. The summed E-state index contributed by atoms with van der Waals surface area (Å²) in [5.74, 6) is 1.97. The minimum absolute atomic E-state index is 0.256. The lowest BCUT2D eigenvalue weighted by molar-refractivity contribution is -0.131. The monoisotopic (exact) mass is 384 g/mol. The Labute approximate surface area is 166 Å². The average molecular weight is 385 g/mol. The second-order valence-corrected chi connectivity index (χ2v) is 8.05. The summed E-state index contributed by atoms with van der Waals surface area (Å²) in [6.07, 6.45) is 0.590. The van der Waals surface area contributed by atoms with Gasteiger partial charge in [-0.2, -0.15) is 0 Å². The molecule has 2 aromatic carbocycles. The van der Waals surface area contributed by atoms with Crippen LogP contribution in [0.1, 0.15) is 17.5 Å². The van der Waals surface area contributed by atoms with Crippen LogP contribution in [0.15, 0.2) is 47.4 Å². The quantitative estimate of drug-likeness (QED) is 0.701. The molecule has 5 heteroatoms. The highest BCUT2D eigenvalue weighted by atomic mass is 32.2. The van der Waals surface area contributed by atoms with E-state index in [1.807, 2.05) is 23.1 Å². The van der Waals surface area contributed by atoms with Gasteiger partial charge in [0.25, 0.3) is 0 Å². The predicted octanol–water partition coefficient (Wildman–Crippen LogP) is 4.14. The Balaban J connectivity index is 1.46. The van der Waals surface area contributed by atoms with Crippen LogP contribution in [0.3, 0.4) is 0 Å². The van der Waals surface area contributed by atoms with Crippen LogP contribution in [0.25, 0.3) is 0 Å². The van der Waals surface area contributed by atoms with Gasteiger partial charge in [-0.05, 0) is 49.2 Å². The summed E-state index contributed by atoms with van der Waals surface area (Å²) in [4.78, 5) is 18.1. The van der Waals surface area contributed by atoms with Gasteiger partial charge in [0, 0.05) is 43.2 Å². The number of hydrogen-bond acceptors (Lipinski definition) is 4. The molecule has 27 heavy (non-hydrogen) atoms. The van der Waals surface area contributed by atoms with Gasteiger partial charge in [0.1, 0.15) is 5.75 Å². The molecule has 1 aliphatic rings. The van der Waals surface area contributed by atoms with Crippen LogP contribution in [0.2, 0.25) is 0 Å². The van der Waals surface area contributed by atoms with Gasteiger partial charge in [0.2, 0.25) is 5.91 Å². The van der Waals surface area contributed by atoms with E-state index >= 15 is 0 Å². The smallest absolute Gasteiger partial charge is 0.223 e. The van der Waals surface area contributed by atoms with E-state index in [1.54, 1.807) is 18.9 Å². The van der Waals surface area contributed by atoms with Gasteiger partial charge in [-0.15, -0.1) is 11.8 Å². The zero-order valence-corrected chi connectivity index (χ0v) is 17.2. The molecule has 0 spiro atoms. The van der Waals surface area contributed by atoms with Crippen molar-refractivity contribution in [2.75, 3.05) is 43.9 Å². The van der Waals surface area contributed by atoms with E-state index in [9.17, 15) is 4.79 Å². The van der Waals surface area contributed by atoms with Crippen molar-refractivity contribution in [3.63, 3.8) is 0 Å². The molecule has 0 atom stereocenters. The average Bonchev–Trinajstić information content (AvgIpc) is 2.70. The molecule has 1 aliphatic heterocycles. The zero-order valence-electron chi connectivity index (χ0n) is 16.4. The number of para-hydroxylation sites is 2. The van der Waals surface area contributed by atoms with Crippen LogP contribution in [0.4, 0.5) is 5.69 Å². The standard InChI is InChI=1S/C22H28N2O2S/c1-17-8-9-19(16-18(17)2)27-15-10-22(25)24-13-11-23(12-14-24)20-6-4-5-7-21(20)26-3/h4-9,16H,10-15H2,1-3H3. The van der Waals surface area contributed by atoms with Crippen molar-refractivity contribution >= 4 is 23.4 Å². The summed E-state index contributed by atoms with van der Waals surface area (Å²) < 4.78 is 5.46. The second kappa shape index (κ2) is 9.18. The number of hydrogen-bond donors (Lipinski definition) is 0. The number of amides is 1. The minimum atomic E-state index is 0.256. The largest absolute Gasteiger partial charge is 0.495 e. The molecule has 0 aromatic heterocycles. The molecule has 4 nitrogen and oxygen atoms in total. The Bertz CT molecular complexity index is 786. The molecule has 1 amide bonds. The Morgan fingerprint density at radius 3 is 2.48 bits per heavy atom. The van der Waals surface area contributed by atoms with Gasteiger partial charge in [0.05, 0.1) is 12.8 Å². The number of anilines is 1. The molecule has 144 valence electrons. The highest BCUT2D eigenvalue weighted by molar-refractivity contribution is 7.99. The maximum absolute atomic E-state index is 12.5. The molecule has 0 unspecified atom stereocenters. The van der Waals surface area contributed by atoms with Crippen LogP contribution in [-0.4, -0.2) is 49.8 Å². The molecule has 3 rings (SSSR count). The fraction of sp³-hybridized carbons (Fsp3) is 0.409. The number of aryl methyl sites for hydroxylation is 2. The third-order valence-corrected chi connectivity index (χ3v) is 6.12. The lowest BCUT2D eigenvalue weighted by Crippen LogP contribution is -2.49. The van der Waals surface area contributed by atoms with E-state index < -0.39 is 0 Å². The molecular formula is C22H28N2O2S. The van der Waals surface area contributed by atoms with Gasteiger partial charge in [-0.1, -0.05) is 18.2 Å². The van der Waals surface area contributed by atoms with Crippen molar-refractivity contribution in [2.45, 2.75) is 25.2 Å². The third kappa shape index (κ3) is 4.98. The van der Waals surface area contributed by atoms with Crippen molar-refractivity contribution in [2.24, 2.45) is 0 Å². The van der Waals surface area contributed by atoms with Crippen LogP contribution in [0, 0.1) is 13.8 Å². The summed E-state index contributed by atoms with van der Waals surface area (Å²) in [7, 11) is 1.70. The predicted molar refractivity (Wildman–Crippen MR) is 113 cm³/mol. The molecule has 0 saturated carbocycles. The van der Waals surface area contributed by atoms with E-state index in [2.05, 4.69) is 43.0 Å². The van der Waals surface area contributed by atoms with Crippen molar-refractivity contribution < 1.29 is 9.53 Å². The van der Waals surface area contributed by atoms with Crippen molar-refractivity contribution in [3.05, 3.63) is 53.6 Å². The van der Waals surface area contributed by atoms with Gasteiger partial charge in [-0.3, -0.25) is 4.79 Å². The number of methoxy groups -OCH3 is 1. The van der Waals surface area contributed by atoms with Gasteiger partial charge < -0.3 is 14.5 Å². The van der Waals surface area contributed by atoms with Crippen molar-refractivity contribution in [1.29, 1.82) is 0 Å². The first kappa shape index (κ1) is 19.6. The van der Waals surface area contributed by atoms with Crippen LogP contribution < -0.4 is 9.64 Å². The highest BCUT2D eigenvalue weighted by Crippen LogP contribution is 2.28. The minimum Gasteiger partial charge on any atom is -0.495 e. The van der Waals surface area contributed by atoms with Gasteiger partial charge in [-0.25, -0.2) is 0 Å². The first-order valence-corrected chi connectivity index (χ1v) is 10.4. The first-order chi connectivity index (χ1) is 13.1. The molecule has 1 fully saturated rings. The number of rotatable bonds is 6. The lowest BCUT2D eigenvalue weighted by Gasteiger charge is -2.36. The normalized spacial score (nSPS) is 14.3. The first-order valence-electron chi connectivity index (χ1n) is 9.44. The van der Waals surface area contributed by atoms with E-state index in [-0.39, 0.29) is 5.91 Å². The Hall–Kier alpha value is -2.14. The van der Waals surface area contributed by atoms with Crippen LogP contribution >= 0.6 is 11.8 Å². The molecule has 0 N–H and O–H groups in total. The summed E-state index contributed by atoms with van der Waals surface area (Å²) in [6, 6.07) is 14.6. The fourth-order valence-corrected chi connectivity index (χ4v) is 4.24. The molecule has 0 radical (unpaired) electrons. The summed E-state index contributed by atoms with van der Waals surface area (Å²) >= 11 is 1.76. The number of carbonyl (C=O) groups excluding carboxylic acids is 1. The number of carbonyl (C=O) groups is 1. The summed E-state index contributed by atoms with van der Waals surface area (Å²) in [5, 5.41) is 0. The Morgan fingerprint density at radius 1 is 1.04 bits per heavy atom. The van der Waals surface area contributed by atoms with Crippen molar-refractivity contribution in [3.8, 4) is 5.75 Å². The van der Waals surface area contributed by atoms with Crippen molar-refractivity contribution in [1.82, 2.24) is 4.90 Å². The third-order valence-electron chi connectivity index (χ3n) is 5.12. The maximum Gasteiger partial charge on any atom is 0.223 e. The van der Waals surface area contributed by atoms with E-state index in [0.717, 1.165) is 43.4 Å². The summed E-state index contributed by atoms with van der Waals surface area (Å²) in [6.45, 7) is 7.48. The number of nitrogens with zero attached hydrogens (tertiary/aromatic N) is 2. The molecule has 1 saturated heterocycles. The maximum atomic E-state index is 12.5. The van der Waals surface area contributed by atoms with E-state index in [1.165, 1.54) is 16.0 Å². The van der Waals surface area contributed by atoms with Gasteiger partial charge in [0.15, 0.2) is 0 Å². The molecule has 1 heterocycles. The number of benzene rings is 2.